The molecule has 0 spiro atoms. The minimum atomic E-state index is -4.00. The van der Waals surface area contributed by atoms with Crippen LogP contribution in [0.2, 0.25) is 0 Å². The Balaban J connectivity index is 2.03. The van der Waals surface area contributed by atoms with E-state index in [-0.39, 0.29) is 4.90 Å². The Morgan fingerprint density at radius 1 is 1.14 bits per heavy atom. The molecule has 0 radical (unpaired) electrons. The van der Waals surface area contributed by atoms with Crippen LogP contribution in [0.15, 0.2) is 45.7 Å². The highest BCUT2D eigenvalue weighted by Crippen LogP contribution is 2.32. The van der Waals surface area contributed by atoms with Crippen LogP contribution >= 0.6 is 0 Å². The zero-order valence-electron chi connectivity index (χ0n) is 16.3. The highest BCUT2D eigenvalue weighted by Gasteiger charge is 2.28. The summed E-state index contributed by atoms with van der Waals surface area (Å²) in [5.41, 5.74) is 2.11. The quantitative estimate of drug-likeness (QED) is 0.626. The predicted octanol–water partition coefficient (Wildman–Crippen LogP) is 3.43. The second kappa shape index (κ2) is 7.44. The predicted molar refractivity (Wildman–Crippen MR) is 109 cm³/mol. The number of nitrogens with one attached hydrogen (secondary N) is 1. The molecule has 3 aromatic rings. The Kier molecular flexibility index (Phi) is 5.36. The molecule has 7 nitrogen and oxygen atoms in total. The van der Waals surface area contributed by atoms with Crippen molar-refractivity contribution in [1.29, 1.82) is 0 Å². The fourth-order valence-corrected chi connectivity index (χ4v) is 4.39. The van der Waals surface area contributed by atoms with Crippen LogP contribution in [0.3, 0.4) is 0 Å². The maximum Gasteiger partial charge on any atom is 0.322 e. The van der Waals surface area contributed by atoms with E-state index in [9.17, 15) is 18.3 Å². The summed E-state index contributed by atoms with van der Waals surface area (Å²) in [6.45, 7) is 6.19. The molecule has 0 saturated carbocycles. The molecule has 0 aliphatic carbocycles. The molecule has 0 aliphatic rings. The van der Waals surface area contributed by atoms with Crippen molar-refractivity contribution in [3.63, 3.8) is 0 Å². The number of sulfonamides is 1. The van der Waals surface area contributed by atoms with Gasteiger partial charge in [-0.05, 0) is 37.1 Å². The van der Waals surface area contributed by atoms with Crippen molar-refractivity contribution < 1.29 is 22.7 Å². The van der Waals surface area contributed by atoms with Crippen LogP contribution in [-0.4, -0.2) is 39.1 Å². The number of carboxylic acids is 1. The molecule has 0 aliphatic heterocycles. The lowest BCUT2D eigenvalue weighted by Crippen LogP contribution is -2.44. The summed E-state index contributed by atoms with van der Waals surface area (Å²) < 4.78 is 33.5. The molecule has 8 heteroatoms. The Bertz CT molecular complexity index is 1130. The Hall–Kier alpha value is -2.58. The fraction of sp³-hybridized carbons (Fsp3) is 0.350. The number of rotatable bonds is 7. The molecule has 150 valence electrons. The van der Waals surface area contributed by atoms with E-state index in [0.29, 0.717) is 11.2 Å². The number of hydrogen-bond donors (Lipinski definition) is 2. The van der Waals surface area contributed by atoms with Crippen molar-refractivity contribution >= 4 is 43.6 Å². The number of benzene rings is 2. The molecule has 2 aromatic carbocycles. The number of aliphatic carboxylic acids is 1. The SMILES string of the molecule is CCN(C)c1ccc2c(c1)oc1cc(S(=O)(=O)N[C@H](C(=O)O)C(C)C)ccc12. The monoisotopic (exact) mass is 404 g/mol. The molecule has 0 bridgehead atoms. The number of carbonyl (C=O) groups is 1. The highest BCUT2D eigenvalue weighted by molar-refractivity contribution is 7.89. The van der Waals surface area contributed by atoms with Crippen molar-refractivity contribution in [2.75, 3.05) is 18.5 Å². The van der Waals surface area contributed by atoms with Crippen molar-refractivity contribution in [3.05, 3.63) is 36.4 Å². The molecule has 1 heterocycles. The van der Waals surface area contributed by atoms with Crippen molar-refractivity contribution in [1.82, 2.24) is 4.72 Å². The van der Waals surface area contributed by atoms with E-state index in [1.807, 2.05) is 25.2 Å². The van der Waals surface area contributed by atoms with Gasteiger partial charge in [-0.1, -0.05) is 13.8 Å². The van der Waals surface area contributed by atoms with Crippen LogP contribution in [0.5, 0.6) is 0 Å². The van der Waals surface area contributed by atoms with Gasteiger partial charge in [0, 0.05) is 42.2 Å². The third kappa shape index (κ3) is 3.70. The van der Waals surface area contributed by atoms with Crippen LogP contribution < -0.4 is 9.62 Å². The van der Waals surface area contributed by atoms with Gasteiger partial charge < -0.3 is 14.4 Å². The molecule has 3 rings (SSSR count). The molecule has 2 N–H and O–H groups in total. The van der Waals surface area contributed by atoms with Crippen molar-refractivity contribution in [2.24, 2.45) is 5.92 Å². The zero-order valence-corrected chi connectivity index (χ0v) is 17.1. The Morgan fingerprint density at radius 2 is 1.75 bits per heavy atom. The summed E-state index contributed by atoms with van der Waals surface area (Å²) in [7, 11) is -2.02. The molecular formula is C20H24N2O5S. The van der Waals surface area contributed by atoms with Gasteiger partial charge in [0.05, 0.1) is 4.90 Å². The average molecular weight is 404 g/mol. The lowest BCUT2D eigenvalue weighted by Gasteiger charge is -2.17. The second-order valence-corrected chi connectivity index (χ2v) is 8.85. The molecule has 0 saturated heterocycles. The first kappa shape index (κ1) is 20.2. The normalized spacial score (nSPS) is 13.3. The van der Waals surface area contributed by atoms with E-state index in [2.05, 4.69) is 16.5 Å². The lowest BCUT2D eigenvalue weighted by atomic mass is 10.1. The summed E-state index contributed by atoms with van der Waals surface area (Å²) in [6, 6.07) is 9.24. The first-order valence-electron chi connectivity index (χ1n) is 9.06. The third-order valence-corrected chi connectivity index (χ3v) is 6.31. The summed E-state index contributed by atoms with van der Waals surface area (Å²) in [5.74, 6) is -1.60. The lowest BCUT2D eigenvalue weighted by molar-refractivity contribution is -0.140. The number of anilines is 1. The van der Waals surface area contributed by atoms with Gasteiger partial charge in [-0.25, -0.2) is 8.42 Å². The van der Waals surface area contributed by atoms with E-state index in [4.69, 9.17) is 4.42 Å². The number of hydrogen-bond acceptors (Lipinski definition) is 5. The fourth-order valence-electron chi connectivity index (χ4n) is 3.04. The topological polar surface area (TPSA) is 99.9 Å². The van der Waals surface area contributed by atoms with Gasteiger partial charge in [0.25, 0.3) is 0 Å². The van der Waals surface area contributed by atoms with Gasteiger partial charge in [0.15, 0.2) is 0 Å². The molecule has 1 aromatic heterocycles. The van der Waals surface area contributed by atoms with Crippen LogP contribution in [0.25, 0.3) is 21.9 Å². The molecule has 0 unspecified atom stereocenters. The number of carboxylic acid groups (broad SMARTS) is 1. The van der Waals surface area contributed by atoms with Crippen molar-refractivity contribution in [3.8, 4) is 0 Å². The van der Waals surface area contributed by atoms with Crippen LogP contribution in [0.4, 0.5) is 5.69 Å². The van der Waals surface area contributed by atoms with Crippen LogP contribution in [0, 0.1) is 5.92 Å². The van der Waals surface area contributed by atoms with Crippen LogP contribution in [-0.2, 0) is 14.8 Å². The summed E-state index contributed by atoms with van der Waals surface area (Å²) in [6.07, 6.45) is 0. The number of nitrogens with zero attached hydrogens (tertiary/aromatic N) is 1. The first-order valence-corrected chi connectivity index (χ1v) is 10.5. The van der Waals surface area contributed by atoms with Crippen LogP contribution in [0.1, 0.15) is 20.8 Å². The number of fused-ring (bicyclic) bond motifs is 3. The second-order valence-electron chi connectivity index (χ2n) is 7.14. The third-order valence-electron chi connectivity index (χ3n) is 4.87. The minimum Gasteiger partial charge on any atom is -0.480 e. The highest BCUT2D eigenvalue weighted by atomic mass is 32.2. The van der Waals surface area contributed by atoms with E-state index in [1.54, 1.807) is 19.9 Å². The Labute approximate surface area is 164 Å². The zero-order chi connectivity index (χ0) is 20.6. The maximum absolute atomic E-state index is 12.7. The van der Waals surface area contributed by atoms with Gasteiger partial charge in [0.2, 0.25) is 10.0 Å². The van der Waals surface area contributed by atoms with Gasteiger partial charge >= 0.3 is 5.97 Å². The van der Waals surface area contributed by atoms with E-state index in [1.165, 1.54) is 12.1 Å². The minimum absolute atomic E-state index is 0.0307. The molecular weight excluding hydrogens is 380 g/mol. The summed E-state index contributed by atoms with van der Waals surface area (Å²) >= 11 is 0. The summed E-state index contributed by atoms with van der Waals surface area (Å²) in [5, 5.41) is 11.0. The molecule has 28 heavy (non-hydrogen) atoms. The molecule has 0 amide bonds. The standard InChI is InChI=1S/C20H24N2O5S/c1-5-22(4)13-6-8-15-16-9-7-14(11-18(16)27-17(15)10-13)28(25,26)21-19(12(2)3)20(23)24/h6-12,19,21H,5H2,1-4H3,(H,23,24)/t19-/m0/s1. The first-order chi connectivity index (χ1) is 13.1. The molecule has 1 atom stereocenters. The average Bonchev–Trinajstić information content (AvgIpc) is 3.01. The van der Waals surface area contributed by atoms with Gasteiger partial charge in [-0.15, -0.1) is 0 Å². The van der Waals surface area contributed by atoms with E-state index >= 15 is 0 Å². The summed E-state index contributed by atoms with van der Waals surface area (Å²) in [4.78, 5) is 13.4. The van der Waals surface area contributed by atoms with Gasteiger partial charge in [-0.2, -0.15) is 4.72 Å². The smallest absolute Gasteiger partial charge is 0.322 e. The molecule has 0 fully saturated rings. The van der Waals surface area contributed by atoms with Gasteiger partial charge in [-0.3, -0.25) is 4.79 Å². The Morgan fingerprint density at radius 3 is 2.32 bits per heavy atom. The maximum atomic E-state index is 12.7. The number of furan rings is 1. The van der Waals surface area contributed by atoms with Crippen molar-refractivity contribution in [2.45, 2.75) is 31.7 Å². The van der Waals surface area contributed by atoms with E-state index in [0.717, 1.165) is 23.0 Å². The van der Waals surface area contributed by atoms with Gasteiger partial charge in [0.1, 0.15) is 17.2 Å². The largest absolute Gasteiger partial charge is 0.480 e. The van der Waals surface area contributed by atoms with E-state index < -0.39 is 28.0 Å².